The number of nitrogen functional groups attached to an aromatic ring is 1. The van der Waals surface area contributed by atoms with Crippen molar-refractivity contribution in [1.29, 1.82) is 0 Å². The number of piperidine rings is 1. The summed E-state index contributed by atoms with van der Waals surface area (Å²) in [4.78, 5) is 17.7. The molecule has 6 heteroatoms. The lowest BCUT2D eigenvalue weighted by Gasteiger charge is -2.33. The topological polar surface area (TPSA) is 85.2 Å². The molecule has 3 rings (SSSR count). The van der Waals surface area contributed by atoms with Gasteiger partial charge in [-0.05, 0) is 25.0 Å². The molecule has 1 amide bonds. The predicted octanol–water partition coefficient (Wildman–Crippen LogP) is 1.58. The molecule has 0 atom stereocenters. The Bertz CT molecular complexity index is 616. The molecule has 0 unspecified atom stereocenters. The summed E-state index contributed by atoms with van der Waals surface area (Å²) >= 11 is 1.59. The van der Waals surface area contributed by atoms with E-state index >= 15 is 0 Å². The maximum Gasteiger partial charge on any atom is 0.220 e. The SMILES string of the molecule is NC(=O)C1CCN(c2ccc3scnc3c2N)CC1. The van der Waals surface area contributed by atoms with Crippen LogP contribution >= 0.6 is 11.3 Å². The number of benzene rings is 1. The first-order valence-corrected chi connectivity index (χ1v) is 7.20. The number of anilines is 2. The van der Waals surface area contributed by atoms with Crippen LogP contribution in [0.3, 0.4) is 0 Å². The van der Waals surface area contributed by atoms with E-state index in [-0.39, 0.29) is 11.8 Å². The van der Waals surface area contributed by atoms with Gasteiger partial charge in [0.05, 0.1) is 21.6 Å². The third kappa shape index (κ3) is 2.12. The van der Waals surface area contributed by atoms with Crippen molar-refractivity contribution in [3.8, 4) is 0 Å². The van der Waals surface area contributed by atoms with Gasteiger partial charge in [0.15, 0.2) is 0 Å². The number of fused-ring (bicyclic) bond motifs is 1. The Kier molecular flexibility index (Phi) is 3.02. The molecule has 1 aliphatic rings. The molecule has 4 N–H and O–H groups in total. The van der Waals surface area contributed by atoms with Crippen molar-refractivity contribution in [3.63, 3.8) is 0 Å². The fraction of sp³-hybridized carbons (Fsp3) is 0.385. The Labute approximate surface area is 115 Å². The van der Waals surface area contributed by atoms with E-state index < -0.39 is 0 Å². The second-order valence-electron chi connectivity index (χ2n) is 4.86. The number of carbonyl (C=O) groups excluding carboxylic acids is 1. The zero-order valence-corrected chi connectivity index (χ0v) is 11.3. The summed E-state index contributed by atoms with van der Waals surface area (Å²) in [7, 11) is 0. The Morgan fingerprint density at radius 2 is 2.11 bits per heavy atom. The molecule has 0 radical (unpaired) electrons. The van der Waals surface area contributed by atoms with Crippen molar-refractivity contribution >= 4 is 38.8 Å². The van der Waals surface area contributed by atoms with E-state index in [1.54, 1.807) is 11.3 Å². The van der Waals surface area contributed by atoms with Crippen LogP contribution in [0.5, 0.6) is 0 Å². The van der Waals surface area contributed by atoms with E-state index in [9.17, 15) is 4.79 Å². The highest BCUT2D eigenvalue weighted by molar-refractivity contribution is 7.16. The van der Waals surface area contributed by atoms with Gasteiger partial charge in [-0.25, -0.2) is 4.98 Å². The fourth-order valence-corrected chi connectivity index (χ4v) is 3.31. The minimum Gasteiger partial charge on any atom is -0.395 e. The summed E-state index contributed by atoms with van der Waals surface area (Å²) in [6, 6.07) is 4.10. The van der Waals surface area contributed by atoms with Crippen molar-refractivity contribution in [3.05, 3.63) is 17.6 Å². The lowest BCUT2D eigenvalue weighted by molar-refractivity contribution is -0.122. The van der Waals surface area contributed by atoms with Gasteiger partial charge in [0.2, 0.25) is 5.91 Å². The first-order chi connectivity index (χ1) is 9.16. The second-order valence-corrected chi connectivity index (χ2v) is 5.75. The predicted molar refractivity (Wildman–Crippen MR) is 78.2 cm³/mol. The van der Waals surface area contributed by atoms with Crippen LogP contribution in [0.2, 0.25) is 0 Å². The molecule has 1 fully saturated rings. The second kappa shape index (κ2) is 4.70. The first-order valence-electron chi connectivity index (χ1n) is 6.33. The number of rotatable bonds is 2. The number of nitrogens with two attached hydrogens (primary N) is 2. The van der Waals surface area contributed by atoms with Gasteiger partial charge >= 0.3 is 0 Å². The number of hydrogen-bond donors (Lipinski definition) is 2. The molecule has 0 aliphatic carbocycles. The van der Waals surface area contributed by atoms with Gasteiger partial charge in [-0.2, -0.15) is 0 Å². The van der Waals surface area contributed by atoms with Crippen LogP contribution in [0.1, 0.15) is 12.8 Å². The van der Waals surface area contributed by atoms with Gasteiger partial charge in [-0.3, -0.25) is 4.79 Å². The number of carbonyl (C=O) groups is 1. The molecule has 0 saturated carbocycles. The molecule has 1 aromatic heterocycles. The standard InChI is InChI=1S/C13H16N4OS/c14-11-9(1-2-10-12(11)16-7-19-10)17-5-3-8(4-6-17)13(15)18/h1-2,7-8H,3-6,14H2,(H2,15,18). The minimum atomic E-state index is -0.192. The highest BCUT2D eigenvalue weighted by atomic mass is 32.1. The summed E-state index contributed by atoms with van der Waals surface area (Å²) in [6.07, 6.45) is 1.59. The molecule has 1 aliphatic heterocycles. The van der Waals surface area contributed by atoms with E-state index in [1.807, 2.05) is 11.6 Å². The van der Waals surface area contributed by atoms with E-state index in [4.69, 9.17) is 11.5 Å². The Morgan fingerprint density at radius 1 is 1.37 bits per heavy atom. The fourth-order valence-electron chi connectivity index (χ4n) is 2.62. The molecule has 0 spiro atoms. The number of aromatic nitrogens is 1. The minimum absolute atomic E-state index is 0.000443. The van der Waals surface area contributed by atoms with E-state index in [0.29, 0.717) is 0 Å². The molecule has 19 heavy (non-hydrogen) atoms. The van der Waals surface area contributed by atoms with Crippen molar-refractivity contribution in [2.45, 2.75) is 12.8 Å². The molecule has 2 aromatic rings. The van der Waals surface area contributed by atoms with Gasteiger partial charge in [-0.15, -0.1) is 11.3 Å². The zero-order chi connectivity index (χ0) is 13.4. The van der Waals surface area contributed by atoms with Crippen molar-refractivity contribution in [1.82, 2.24) is 4.98 Å². The van der Waals surface area contributed by atoms with Crippen LogP contribution in [0, 0.1) is 5.92 Å². The van der Waals surface area contributed by atoms with Gasteiger partial charge in [0.25, 0.3) is 0 Å². The van der Waals surface area contributed by atoms with Crippen molar-refractivity contribution in [2.24, 2.45) is 11.7 Å². The van der Waals surface area contributed by atoms with E-state index in [2.05, 4.69) is 16.0 Å². The molecule has 1 aromatic carbocycles. The lowest BCUT2D eigenvalue weighted by atomic mass is 9.96. The number of primary amides is 1. The van der Waals surface area contributed by atoms with Crippen LogP contribution in [0.15, 0.2) is 17.6 Å². The van der Waals surface area contributed by atoms with Gasteiger partial charge in [0.1, 0.15) is 5.52 Å². The van der Waals surface area contributed by atoms with E-state index in [1.165, 1.54) is 0 Å². The Morgan fingerprint density at radius 3 is 2.79 bits per heavy atom. The third-order valence-electron chi connectivity index (χ3n) is 3.76. The molecule has 0 bridgehead atoms. The average molecular weight is 276 g/mol. The molecular weight excluding hydrogens is 260 g/mol. The summed E-state index contributed by atoms with van der Waals surface area (Å²) in [5, 5.41) is 0. The Hall–Kier alpha value is -1.82. The van der Waals surface area contributed by atoms with Gasteiger partial charge < -0.3 is 16.4 Å². The van der Waals surface area contributed by atoms with Crippen LogP contribution in [-0.4, -0.2) is 24.0 Å². The molecule has 1 saturated heterocycles. The van der Waals surface area contributed by atoms with E-state index in [0.717, 1.165) is 47.5 Å². The average Bonchev–Trinajstić information content (AvgIpc) is 2.88. The third-order valence-corrected chi connectivity index (χ3v) is 4.55. The van der Waals surface area contributed by atoms with Crippen LogP contribution in [0.25, 0.3) is 10.2 Å². The number of amides is 1. The lowest BCUT2D eigenvalue weighted by Crippen LogP contribution is -2.38. The smallest absolute Gasteiger partial charge is 0.220 e. The normalized spacial score (nSPS) is 16.9. The Balaban J connectivity index is 1.85. The summed E-state index contributed by atoms with van der Waals surface area (Å²) in [6.45, 7) is 1.63. The molecule has 5 nitrogen and oxygen atoms in total. The maximum atomic E-state index is 11.2. The van der Waals surface area contributed by atoms with Crippen molar-refractivity contribution < 1.29 is 4.79 Å². The zero-order valence-electron chi connectivity index (χ0n) is 10.5. The quantitative estimate of drug-likeness (QED) is 0.815. The maximum absolute atomic E-state index is 11.2. The summed E-state index contributed by atoms with van der Waals surface area (Å²) in [5.41, 5.74) is 16.0. The molecular formula is C13H16N4OS. The highest BCUT2D eigenvalue weighted by Gasteiger charge is 2.24. The molecule has 100 valence electrons. The largest absolute Gasteiger partial charge is 0.395 e. The van der Waals surface area contributed by atoms with Gasteiger partial charge in [-0.1, -0.05) is 0 Å². The summed E-state index contributed by atoms with van der Waals surface area (Å²) in [5.74, 6) is -0.192. The van der Waals surface area contributed by atoms with Gasteiger partial charge in [0, 0.05) is 19.0 Å². The number of hydrogen-bond acceptors (Lipinski definition) is 5. The van der Waals surface area contributed by atoms with Crippen molar-refractivity contribution in [2.75, 3.05) is 23.7 Å². The number of nitrogens with zero attached hydrogens (tertiary/aromatic N) is 2. The van der Waals surface area contributed by atoms with Crippen LogP contribution in [0.4, 0.5) is 11.4 Å². The van der Waals surface area contributed by atoms with Crippen LogP contribution in [-0.2, 0) is 4.79 Å². The highest BCUT2D eigenvalue weighted by Crippen LogP contribution is 2.34. The summed E-state index contributed by atoms with van der Waals surface area (Å²) < 4.78 is 1.10. The molecule has 2 heterocycles. The number of thiazole rings is 1. The monoisotopic (exact) mass is 276 g/mol. The van der Waals surface area contributed by atoms with Crippen LogP contribution < -0.4 is 16.4 Å². The first kappa shape index (κ1) is 12.2.